The second-order valence-corrected chi connectivity index (χ2v) is 6.92. The Morgan fingerprint density at radius 1 is 0.903 bits per heavy atom. The summed E-state index contributed by atoms with van der Waals surface area (Å²) in [4.78, 5) is 37.2. The van der Waals surface area contributed by atoms with Gasteiger partial charge in [-0.3, -0.25) is 9.59 Å². The Morgan fingerprint density at radius 2 is 1.61 bits per heavy atom. The van der Waals surface area contributed by atoms with Gasteiger partial charge in [-0.2, -0.15) is 8.78 Å². The summed E-state index contributed by atoms with van der Waals surface area (Å²) < 4.78 is 34.3. The maximum Gasteiger partial charge on any atom is 0.387 e. The number of amides is 2. The van der Waals surface area contributed by atoms with Crippen molar-refractivity contribution in [3.63, 3.8) is 0 Å². The number of alkyl halides is 2. The SMILES string of the molecule is O=C(COC(=O)c1ccccc1NC(=O)c1cccs1)Nc1ccccc1OC(F)F. The second kappa shape index (κ2) is 10.3. The van der Waals surface area contributed by atoms with Crippen LogP contribution in [-0.4, -0.2) is 31.0 Å². The summed E-state index contributed by atoms with van der Waals surface area (Å²) in [5.74, 6) is -2.20. The third-order valence-electron chi connectivity index (χ3n) is 3.85. The molecule has 1 aromatic heterocycles. The Bertz CT molecular complexity index is 1070. The van der Waals surface area contributed by atoms with Crippen molar-refractivity contribution in [1.29, 1.82) is 0 Å². The number of carbonyl (C=O) groups is 3. The molecule has 0 radical (unpaired) electrons. The van der Waals surface area contributed by atoms with Gasteiger partial charge in [0.2, 0.25) is 0 Å². The number of esters is 1. The van der Waals surface area contributed by atoms with Crippen LogP contribution in [0.1, 0.15) is 20.0 Å². The van der Waals surface area contributed by atoms with Gasteiger partial charge in [-0.15, -0.1) is 11.3 Å². The van der Waals surface area contributed by atoms with Crippen LogP contribution in [0.15, 0.2) is 66.0 Å². The molecule has 10 heteroatoms. The Hall–Kier alpha value is -3.79. The number of hydrogen-bond acceptors (Lipinski definition) is 6. The van der Waals surface area contributed by atoms with E-state index in [2.05, 4.69) is 15.4 Å². The predicted molar refractivity (Wildman–Crippen MR) is 111 cm³/mol. The first kappa shape index (κ1) is 21.9. The zero-order valence-electron chi connectivity index (χ0n) is 15.8. The van der Waals surface area contributed by atoms with Crippen molar-refractivity contribution in [1.82, 2.24) is 0 Å². The highest BCUT2D eigenvalue weighted by Gasteiger charge is 2.18. The lowest BCUT2D eigenvalue weighted by atomic mass is 10.1. The number of benzene rings is 2. The molecule has 0 fully saturated rings. The van der Waals surface area contributed by atoms with Crippen molar-refractivity contribution >= 4 is 40.5 Å². The monoisotopic (exact) mass is 446 g/mol. The van der Waals surface area contributed by atoms with Crippen molar-refractivity contribution in [2.45, 2.75) is 6.61 Å². The smallest absolute Gasteiger partial charge is 0.387 e. The van der Waals surface area contributed by atoms with E-state index < -0.39 is 25.1 Å². The molecule has 3 rings (SSSR count). The van der Waals surface area contributed by atoms with E-state index in [0.717, 1.165) is 0 Å². The zero-order chi connectivity index (χ0) is 22.2. The Balaban J connectivity index is 1.61. The number of anilines is 2. The van der Waals surface area contributed by atoms with Crippen molar-refractivity contribution in [3.05, 3.63) is 76.5 Å². The molecular weight excluding hydrogens is 430 g/mol. The van der Waals surface area contributed by atoms with Crippen LogP contribution >= 0.6 is 11.3 Å². The van der Waals surface area contributed by atoms with E-state index in [4.69, 9.17) is 4.74 Å². The molecule has 0 unspecified atom stereocenters. The lowest BCUT2D eigenvalue weighted by Gasteiger charge is -2.12. The summed E-state index contributed by atoms with van der Waals surface area (Å²) >= 11 is 1.25. The minimum atomic E-state index is -3.06. The molecule has 7 nitrogen and oxygen atoms in total. The molecule has 0 spiro atoms. The number of rotatable bonds is 8. The summed E-state index contributed by atoms with van der Waals surface area (Å²) in [6.07, 6.45) is 0. The molecule has 2 amide bonds. The minimum absolute atomic E-state index is 0.00691. The molecule has 1 heterocycles. The van der Waals surface area contributed by atoms with Crippen molar-refractivity contribution in [2.75, 3.05) is 17.2 Å². The number of thiophene rings is 1. The van der Waals surface area contributed by atoms with E-state index >= 15 is 0 Å². The Morgan fingerprint density at radius 3 is 2.32 bits per heavy atom. The third kappa shape index (κ3) is 6.09. The largest absolute Gasteiger partial charge is 0.452 e. The molecule has 2 N–H and O–H groups in total. The fourth-order valence-electron chi connectivity index (χ4n) is 2.53. The lowest BCUT2D eigenvalue weighted by molar-refractivity contribution is -0.119. The van der Waals surface area contributed by atoms with Crippen LogP contribution in [0.25, 0.3) is 0 Å². The van der Waals surface area contributed by atoms with E-state index in [9.17, 15) is 23.2 Å². The summed E-state index contributed by atoms with van der Waals surface area (Å²) in [6, 6.07) is 15.2. The van der Waals surface area contributed by atoms with E-state index in [0.29, 0.717) is 4.88 Å². The van der Waals surface area contributed by atoms with Gasteiger partial charge in [-0.05, 0) is 35.7 Å². The maximum absolute atomic E-state index is 12.5. The summed E-state index contributed by atoms with van der Waals surface area (Å²) in [5, 5.41) is 6.72. The molecule has 31 heavy (non-hydrogen) atoms. The van der Waals surface area contributed by atoms with Gasteiger partial charge in [0.25, 0.3) is 11.8 Å². The molecule has 0 bridgehead atoms. The minimum Gasteiger partial charge on any atom is -0.452 e. The topological polar surface area (TPSA) is 93.7 Å². The van der Waals surface area contributed by atoms with Gasteiger partial charge in [0.05, 0.1) is 21.8 Å². The van der Waals surface area contributed by atoms with Gasteiger partial charge in [0.15, 0.2) is 6.61 Å². The van der Waals surface area contributed by atoms with Gasteiger partial charge in [-0.25, -0.2) is 4.79 Å². The normalized spacial score (nSPS) is 10.4. The number of ether oxygens (including phenoxy) is 2. The maximum atomic E-state index is 12.5. The first-order chi connectivity index (χ1) is 14.9. The molecule has 0 aliphatic carbocycles. The zero-order valence-corrected chi connectivity index (χ0v) is 16.7. The van der Waals surface area contributed by atoms with E-state index in [-0.39, 0.29) is 28.6 Å². The van der Waals surface area contributed by atoms with Gasteiger partial charge in [0, 0.05) is 0 Å². The standard InChI is InChI=1S/C21H16F2N2O5S/c22-21(23)30-16-9-4-3-8-15(16)24-18(26)12-29-20(28)13-6-1-2-7-14(13)25-19(27)17-10-5-11-31-17/h1-11,21H,12H2,(H,24,26)(H,25,27). The molecule has 160 valence electrons. The summed E-state index contributed by atoms with van der Waals surface area (Å²) in [6.45, 7) is -3.73. The van der Waals surface area contributed by atoms with Crippen LogP contribution in [-0.2, 0) is 9.53 Å². The third-order valence-corrected chi connectivity index (χ3v) is 4.72. The first-order valence-corrected chi connectivity index (χ1v) is 9.76. The Labute approximate surface area is 179 Å². The molecule has 0 saturated heterocycles. The highest BCUT2D eigenvalue weighted by Crippen LogP contribution is 2.25. The van der Waals surface area contributed by atoms with Gasteiger partial charge in [0.1, 0.15) is 5.75 Å². The molecule has 2 aromatic carbocycles. The van der Waals surface area contributed by atoms with Crippen LogP contribution in [0.3, 0.4) is 0 Å². The average molecular weight is 446 g/mol. The van der Waals surface area contributed by atoms with Gasteiger partial charge < -0.3 is 20.1 Å². The van der Waals surface area contributed by atoms with Gasteiger partial charge >= 0.3 is 12.6 Å². The quantitative estimate of drug-likeness (QED) is 0.501. The van der Waals surface area contributed by atoms with Crippen LogP contribution in [0.4, 0.5) is 20.2 Å². The number of para-hydroxylation sites is 3. The van der Waals surface area contributed by atoms with Crippen LogP contribution in [0.5, 0.6) is 5.75 Å². The molecule has 0 saturated carbocycles. The average Bonchev–Trinajstić information content (AvgIpc) is 3.29. The van der Waals surface area contributed by atoms with Crippen molar-refractivity contribution in [3.8, 4) is 5.75 Å². The van der Waals surface area contributed by atoms with Crippen LogP contribution < -0.4 is 15.4 Å². The predicted octanol–water partition coefficient (Wildman–Crippen LogP) is 4.40. The Kier molecular flexibility index (Phi) is 7.28. The van der Waals surface area contributed by atoms with E-state index in [1.165, 1.54) is 47.7 Å². The van der Waals surface area contributed by atoms with Crippen LogP contribution in [0, 0.1) is 0 Å². The van der Waals surface area contributed by atoms with Gasteiger partial charge in [-0.1, -0.05) is 30.3 Å². The van der Waals surface area contributed by atoms with E-state index in [1.807, 2.05) is 0 Å². The highest BCUT2D eigenvalue weighted by molar-refractivity contribution is 7.12. The molecule has 0 aliphatic rings. The number of nitrogens with one attached hydrogen (secondary N) is 2. The molecule has 3 aromatic rings. The fourth-order valence-corrected chi connectivity index (χ4v) is 3.14. The highest BCUT2D eigenvalue weighted by atomic mass is 32.1. The summed E-state index contributed by atoms with van der Waals surface area (Å²) in [5.41, 5.74) is 0.288. The molecule has 0 atom stereocenters. The van der Waals surface area contributed by atoms with Crippen molar-refractivity contribution < 1.29 is 32.6 Å². The number of halogens is 2. The fraction of sp³-hybridized carbons (Fsp3) is 0.0952. The van der Waals surface area contributed by atoms with E-state index in [1.54, 1.807) is 29.6 Å². The first-order valence-electron chi connectivity index (χ1n) is 8.88. The number of hydrogen-bond donors (Lipinski definition) is 2. The summed E-state index contributed by atoms with van der Waals surface area (Å²) in [7, 11) is 0. The number of carbonyl (C=O) groups excluding carboxylic acids is 3. The van der Waals surface area contributed by atoms with Crippen molar-refractivity contribution in [2.24, 2.45) is 0 Å². The van der Waals surface area contributed by atoms with Crippen LogP contribution in [0.2, 0.25) is 0 Å². The lowest BCUT2D eigenvalue weighted by Crippen LogP contribution is -2.22. The molecular formula is C21H16F2N2O5S. The molecule has 0 aliphatic heterocycles. The second-order valence-electron chi connectivity index (χ2n) is 5.98.